The Morgan fingerprint density at radius 1 is 0.955 bits per heavy atom. The first-order valence-electron chi connectivity index (χ1n) is 15.3. The topological polar surface area (TPSA) is 101 Å². The van der Waals surface area contributed by atoms with Crippen LogP contribution in [0.2, 0.25) is 5.02 Å². The fraction of sp³-hybridized carbons (Fsp3) is 0.343. The maximum Gasteiger partial charge on any atom is 0.243 e. The number of hydrogen-bond donors (Lipinski definition) is 2. The molecule has 2 aromatic carbocycles. The number of furan rings is 1. The molecule has 3 amide bonds. The lowest BCUT2D eigenvalue weighted by Crippen LogP contribution is -2.50. The van der Waals surface area contributed by atoms with Crippen LogP contribution in [0.25, 0.3) is 11.3 Å². The summed E-state index contributed by atoms with van der Waals surface area (Å²) in [5.41, 5.74) is 1.46. The van der Waals surface area contributed by atoms with Gasteiger partial charge in [0.25, 0.3) is 0 Å². The molecule has 0 radical (unpaired) electrons. The third-order valence-electron chi connectivity index (χ3n) is 9.29. The smallest absolute Gasteiger partial charge is 0.243 e. The van der Waals surface area contributed by atoms with E-state index in [0.29, 0.717) is 28.0 Å². The number of hydrogen-bond acceptors (Lipinski definition) is 5. The third-order valence-corrected chi connectivity index (χ3v) is 9.53. The fourth-order valence-electron chi connectivity index (χ4n) is 7.25. The minimum absolute atomic E-state index is 0.0656. The number of para-hydroxylation sites is 1. The summed E-state index contributed by atoms with van der Waals surface area (Å²) < 4.78 is 12.0. The quantitative estimate of drug-likeness (QED) is 0.326. The Labute approximate surface area is 261 Å². The van der Waals surface area contributed by atoms with Gasteiger partial charge in [0.15, 0.2) is 0 Å². The van der Waals surface area contributed by atoms with E-state index in [1.807, 2.05) is 72.8 Å². The predicted octanol–water partition coefficient (Wildman–Crippen LogP) is 6.30. The van der Waals surface area contributed by atoms with Crippen molar-refractivity contribution in [3.8, 4) is 11.3 Å². The minimum Gasteiger partial charge on any atom is -0.469 e. The van der Waals surface area contributed by atoms with Crippen LogP contribution in [0.15, 0.2) is 95.3 Å². The van der Waals surface area contributed by atoms with Crippen molar-refractivity contribution in [3.63, 3.8) is 0 Å². The molecule has 2 fully saturated rings. The van der Waals surface area contributed by atoms with E-state index in [1.165, 1.54) is 0 Å². The highest BCUT2D eigenvalue weighted by molar-refractivity contribution is 6.30. The zero-order valence-corrected chi connectivity index (χ0v) is 24.9. The summed E-state index contributed by atoms with van der Waals surface area (Å²) in [5.74, 6) is -1.42. The molecule has 7 rings (SSSR count). The van der Waals surface area contributed by atoms with Crippen LogP contribution in [0.4, 0.5) is 5.69 Å². The lowest BCUT2D eigenvalue weighted by Gasteiger charge is -2.34. The molecule has 9 heteroatoms. The number of nitrogens with zero attached hydrogens (tertiary/aromatic N) is 1. The molecule has 1 saturated carbocycles. The molecule has 4 aliphatic rings. The Kier molecular flexibility index (Phi) is 7.77. The molecule has 0 bridgehead atoms. The van der Waals surface area contributed by atoms with Gasteiger partial charge >= 0.3 is 0 Å². The number of anilines is 1. The van der Waals surface area contributed by atoms with Gasteiger partial charge in [-0.3, -0.25) is 14.4 Å². The van der Waals surface area contributed by atoms with Gasteiger partial charge in [-0.2, -0.15) is 0 Å². The summed E-state index contributed by atoms with van der Waals surface area (Å²) in [4.78, 5) is 44.1. The number of amides is 3. The first-order valence-corrected chi connectivity index (χ1v) is 15.7. The van der Waals surface area contributed by atoms with Crippen LogP contribution >= 0.6 is 11.6 Å². The van der Waals surface area contributed by atoms with E-state index in [4.69, 9.17) is 20.8 Å². The number of carbonyl (C=O) groups is 3. The van der Waals surface area contributed by atoms with Crippen LogP contribution in [0.5, 0.6) is 0 Å². The lowest BCUT2D eigenvalue weighted by molar-refractivity contribution is -0.140. The predicted molar refractivity (Wildman–Crippen MR) is 166 cm³/mol. The summed E-state index contributed by atoms with van der Waals surface area (Å²) in [6, 6.07) is 19.5. The minimum atomic E-state index is -0.821. The number of allylic oxidation sites excluding steroid dienone is 1. The first kappa shape index (κ1) is 28.5. The van der Waals surface area contributed by atoms with Crippen molar-refractivity contribution in [2.24, 2.45) is 23.7 Å². The van der Waals surface area contributed by atoms with Crippen molar-refractivity contribution in [3.05, 3.63) is 102 Å². The van der Waals surface area contributed by atoms with E-state index >= 15 is 0 Å². The summed E-state index contributed by atoms with van der Waals surface area (Å²) in [5, 5.41) is 6.84. The molecule has 8 nitrogen and oxygen atoms in total. The summed E-state index contributed by atoms with van der Waals surface area (Å²) in [6.07, 6.45) is 10.4. The molecule has 2 N–H and O–H groups in total. The number of ether oxygens (including phenoxy) is 1. The highest BCUT2D eigenvalue weighted by atomic mass is 35.5. The van der Waals surface area contributed by atoms with E-state index in [0.717, 1.165) is 37.7 Å². The Morgan fingerprint density at radius 2 is 1.77 bits per heavy atom. The standard InChI is InChI=1S/C35H34ClN3O5/c36-22-9-7-8-21(18-22)28-15-14-25(44-28)20-39-32(34(41)38-24-12-5-2-6-13-24)27-19-29-26(16-17-43-29)30(31(27)35(39)42)33(40)37-23-10-3-1-4-11-23/h1,3-4,7-11,14-19,24,26-27,30-32H,2,5-6,12-13,20H2,(H,37,40)(H,38,41)/t26-,27+,30+,31?,32-/m0/s1. The fourth-order valence-corrected chi connectivity index (χ4v) is 7.44. The normalized spacial score (nSPS) is 26.0. The van der Waals surface area contributed by atoms with Gasteiger partial charge in [-0.15, -0.1) is 0 Å². The summed E-state index contributed by atoms with van der Waals surface area (Å²) in [6.45, 7) is 0.0900. The molecule has 3 aromatic rings. The molecule has 5 atom stereocenters. The Hall–Kier alpha value is -4.30. The molecule has 226 valence electrons. The second kappa shape index (κ2) is 12.0. The molecular formula is C35H34ClN3O5. The third kappa shape index (κ3) is 5.43. The van der Waals surface area contributed by atoms with Gasteiger partial charge in [-0.25, -0.2) is 0 Å². The van der Waals surface area contributed by atoms with E-state index in [2.05, 4.69) is 10.6 Å². The number of rotatable bonds is 7. The zero-order valence-electron chi connectivity index (χ0n) is 24.2. The average Bonchev–Trinajstić information content (AvgIpc) is 3.76. The number of fused-ring (bicyclic) bond motifs is 2. The number of likely N-dealkylation sites (tertiary alicyclic amines) is 1. The van der Waals surface area contributed by atoms with Gasteiger partial charge in [0.1, 0.15) is 23.3 Å². The van der Waals surface area contributed by atoms with Crippen LogP contribution in [-0.4, -0.2) is 34.7 Å². The van der Waals surface area contributed by atoms with E-state index in [9.17, 15) is 14.4 Å². The van der Waals surface area contributed by atoms with Crippen LogP contribution in [0.1, 0.15) is 37.9 Å². The van der Waals surface area contributed by atoms with Gasteiger partial charge in [-0.05, 0) is 61.4 Å². The number of carbonyl (C=O) groups excluding carboxylic acids is 3. The maximum atomic E-state index is 14.4. The maximum absolute atomic E-state index is 14.4. The second-order valence-corrected chi connectivity index (χ2v) is 12.5. The van der Waals surface area contributed by atoms with Crippen molar-refractivity contribution in [2.45, 2.75) is 50.7 Å². The second-order valence-electron chi connectivity index (χ2n) is 12.1. The number of nitrogens with one attached hydrogen (secondary N) is 2. The Bertz CT molecular complexity index is 1630. The van der Waals surface area contributed by atoms with Gasteiger partial charge in [0, 0.05) is 28.2 Å². The Morgan fingerprint density at radius 3 is 2.57 bits per heavy atom. The van der Waals surface area contributed by atoms with Gasteiger partial charge in [-0.1, -0.05) is 61.2 Å². The molecule has 1 aromatic heterocycles. The van der Waals surface area contributed by atoms with Gasteiger partial charge in [0.05, 0.1) is 30.6 Å². The number of halogens is 1. The van der Waals surface area contributed by atoms with E-state index in [-0.39, 0.29) is 30.3 Å². The molecule has 2 aliphatic heterocycles. The molecule has 1 saturated heterocycles. The SMILES string of the molecule is O=C(NC1CCCCC1)[C@@H]1[C@@H]2C=C3OC=C[C@@H]3[C@@H](C(=O)Nc3ccccc3)C2C(=O)N1Cc1ccc(-c2cccc(Cl)c2)o1. The lowest BCUT2D eigenvalue weighted by atomic mass is 9.69. The largest absolute Gasteiger partial charge is 0.469 e. The molecule has 2 aliphatic carbocycles. The zero-order chi connectivity index (χ0) is 30.2. The average molecular weight is 612 g/mol. The van der Waals surface area contributed by atoms with Crippen molar-refractivity contribution >= 4 is 35.0 Å². The number of benzene rings is 2. The van der Waals surface area contributed by atoms with Crippen LogP contribution in [0, 0.1) is 23.7 Å². The molecule has 3 heterocycles. The molecule has 0 spiro atoms. The Balaban J connectivity index is 1.22. The van der Waals surface area contributed by atoms with Gasteiger partial charge < -0.3 is 24.7 Å². The van der Waals surface area contributed by atoms with Crippen molar-refractivity contribution in [1.29, 1.82) is 0 Å². The molecule has 1 unspecified atom stereocenters. The van der Waals surface area contributed by atoms with E-state index < -0.39 is 29.7 Å². The van der Waals surface area contributed by atoms with Crippen molar-refractivity contribution in [1.82, 2.24) is 10.2 Å². The molecule has 44 heavy (non-hydrogen) atoms. The highest BCUT2D eigenvalue weighted by Crippen LogP contribution is 2.49. The van der Waals surface area contributed by atoms with Crippen LogP contribution < -0.4 is 10.6 Å². The highest BCUT2D eigenvalue weighted by Gasteiger charge is 2.59. The van der Waals surface area contributed by atoms with E-state index in [1.54, 1.807) is 17.2 Å². The van der Waals surface area contributed by atoms with Crippen molar-refractivity contribution in [2.75, 3.05) is 5.32 Å². The van der Waals surface area contributed by atoms with Gasteiger partial charge in [0.2, 0.25) is 17.7 Å². The summed E-state index contributed by atoms with van der Waals surface area (Å²) >= 11 is 6.20. The summed E-state index contributed by atoms with van der Waals surface area (Å²) in [7, 11) is 0. The van der Waals surface area contributed by atoms with Crippen LogP contribution in [0.3, 0.4) is 0 Å². The monoisotopic (exact) mass is 611 g/mol. The molecular weight excluding hydrogens is 578 g/mol. The van der Waals surface area contributed by atoms with Crippen LogP contribution in [-0.2, 0) is 25.7 Å². The first-order chi connectivity index (χ1) is 21.5. The van der Waals surface area contributed by atoms with Crippen molar-refractivity contribution < 1.29 is 23.5 Å².